The topological polar surface area (TPSA) is 123 Å². The van der Waals surface area contributed by atoms with Crippen LogP contribution in [0, 0.1) is 0 Å². The van der Waals surface area contributed by atoms with Gasteiger partial charge in [0.25, 0.3) is 0 Å². The zero-order valence-corrected chi connectivity index (χ0v) is 20.8. The molecule has 3 N–H and O–H groups in total. The number of likely N-dealkylation sites (tertiary alicyclic amines) is 2. The van der Waals surface area contributed by atoms with Crippen LogP contribution in [0.3, 0.4) is 0 Å². The molecular formula is C27H33N5O5. The molecule has 1 atom stereocenters. The first kappa shape index (κ1) is 24.7. The normalized spacial score (nSPS) is 19.0. The second kappa shape index (κ2) is 11.0. The summed E-state index contributed by atoms with van der Waals surface area (Å²) in [6, 6.07) is 15.2. The highest BCUT2D eigenvalue weighted by Crippen LogP contribution is 2.35. The van der Waals surface area contributed by atoms with E-state index in [2.05, 4.69) is 4.98 Å². The second-order valence-electron chi connectivity index (χ2n) is 9.69. The molecule has 1 unspecified atom stereocenters. The van der Waals surface area contributed by atoms with Crippen molar-refractivity contribution in [2.24, 2.45) is 0 Å². The second-order valence-corrected chi connectivity index (χ2v) is 9.69. The molecule has 2 aliphatic heterocycles. The summed E-state index contributed by atoms with van der Waals surface area (Å²) in [5, 5.41) is 9.59. The lowest BCUT2D eigenvalue weighted by molar-refractivity contribution is 0.0641. The lowest BCUT2D eigenvalue weighted by atomic mass is 10.1. The Morgan fingerprint density at radius 2 is 1.76 bits per heavy atom. The molecule has 2 aromatic carbocycles. The van der Waals surface area contributed by atoms with E-state index in [1.807, 2.05) is 53.1 Å². The minimum Gasteiger partial charge on any atom is -0.488 e. The lowest BCUT2D eigenvalue weighted by Crippen LogP contribution is -2.42. The molecule has 196 valence electrons. The average Bonchev–Trinajstić information content (AvgIpc) is 3.07. The lowest BCUT2D eigenvalue weighted by Gasteiger charge is -2.32. The molecule has 0 radical (unpaired) electrons. The van der Waals surface area contributed by atoms with Gasteiger partial charge in [0.05, 0.1) is 11.6 Å². The predicted molar refractivity (Wildman–Crippen MR) is 138 cm³/mol. The molecular weight excluding hydrogens is 474 g/mol. The smallest absolute Gasteiger partial charge is 0.410 e. The summed E-state index contributed by atoms with van der Waals surface area (Å²) in [7, 11) is 0. The number of ether oxygens (including phenoxy) is 2. The molecule has 0 bridgehead atoms. The van der Waals surface area contributed by atoms with Crippen molar-refractivity contribution in [3.63, 3.8) is 0 Å². The molecule has 3 aromatic rings. The largest absolute Gasteiger partial charge is 0.488 e. The summed E-state index contributed by atoms with van der Waals surface area (Å²) in [5.74, 6) is 1.04. The molecule has 10 nitrogen and oxygen atoms in total. The van der Waals surface area contributed by atoms with Gasteiger partial charge in [-0.1, -0.05) is 36.4 Å². The van der Waals surface area contributed by atoms with Gasteiger partial charge >= 0.3 is 12.2 Å². The Hall–Kier alpha value is -3.95. The van der Waals surface area contributed by atoms with E-state index in [0.29, 0.717) is 50.7 Å². The first-order valence-electron chi connectivity index (χ1n) is 12.9. The van der Waals surface area contributed by atoms with Gasteiger partial charge in [0.2, 0.25) is 5.95 Å². The molecule has 0 spiro atoms. The number of para-hydroxylation sites is 1. The highest BCUT2D eigenvalue weighted by molar-refractivity contribution is 5.84. The molecule has 37 heavy (non-hydrogen) atoms. The van der Waals surface area contributed by atoms with Gasteiger partial charge in [-0.05, 0) is 37.0 Å². The van der Waals surface area contributed by atoms with Crippen molar-refractivity contribution >= 4 is 29.2 Å². The maximum Gasteiger partial charge on any atom is 0.410 e. The average molecular weight is 508 g/mol. The maximum atomic E-state index is 12.5. The fourth-order valence-corrected chi connectivity index (χ4v) is 5.25. The van der Waals surface area contributed by atoms with Gasteiger partial charge in [-0.2, -0.15) is 0 Å². The first-order valence-corrected chi connectivity index (χ1v) is 12.9. The third-order valence-electron chi connectivity index (χ3n) is 7.18. The number of nitrogens with zero attached hydrogens (tertiary/aromatic N) is 4. The fourth-order valence-electron chi connectivity index (χ4n) is 5.25. The maximum absolute atomic E-state index is 12.5. The highest BCUT2D eigenvalue weighted by atomic mass is 16.6. The Labute approximate surface area is 215 Å². The van der Waals surface area contributed by atoms with E-state index in [1.165, 1.54) is 4.90 Å². The van der Waals surface area contributed by atoms with Crippen LogP contribution in [0.5, 0.6) is 5.75 Å². The number of benzene rings is 2. The number of piperidine rings is 1. The van der Waals surface area contributed by atoms with Gasteiger partial charge in [0.15, 0.2) is 0 Å². The zero-order valence-electron chi connectivity index (χ0n) is 20.8. The predicted octanol–water partition coefficient (Wildman–Crippen LogP) is 4.50. The van der Waals surface area contributed by atoms with Crippen molar-refractivity contribution in [3.8, 4) is 5.75 Å². The summed E-state index contributed by atoms with van der Waals surface area (Å²) in [6.07, 6.45) is 2.61. The molecule has 0 aliphatic carbocycles. The Morgan fingerprint density at radius 3 is 2.51 bits per heavy atom. The quantitative estimate of drug-likeness (QED) is 0.521. The van der Waals surface area contributed by atoms with E-state index >= 15 is 0 Å². The molecule has 10 heteroatoms. The van der Waals surface area contributed by atoms with Crippen LogP contribution >= 0.6 is 0 Å². The van der Waals surface area contributed by atoms with Crippen LogP contribution < -0.4 is 10.5 Å². The number of imidazole rings is 1. The number of rotatable bonds is 5. The van der Waals surface area contributed by atoms with Crippen molar-refractivity contribution in [1.29, 1.82) is 0 Å². The Bertz CT molecular complexity index is 1240. The molecule has 3 heterocycles. The van der Waals surface area contributed by atoms with Crippen molar-refractivity contribution in [1.82, 2.24) is 19.4 Å². The summed E-state index contributed by atoms with van der Waals surface area (Å²) in [4.78, 5) is 32.0. The number of carbonyl (C=O) groups excluding carboxylic acids is 1. The number of carboxylic acid groups (broad SMARTS) is 1. The van der Waals surface area contributed by atoms with Crippen LogP contribution in [0.4, 0.5) is 15.5 Å². The van der Waals surface area contributed by atoms with Crippen molar-refractivity contribution in [3.05, 3.63) is 54.1 Å². The SMILES string of the molecule is Nc1nc2cccc(OC3CCN(C(=O)OCc4ccccc4)CC3)c2n1C1CCCCN(C(=O)O)C1. The molecule has 1 aromatic heterocycles. The van der Waals surface area contributed by atoms with Crippen LogP contribution in [0.25, 0.3) is 11.0 Å². The third kappa shape index (κ3) is 5.58. The Morgan fingerprint density at radius 1 is 0.973 bits per heavy atom. The van der Waals surface area contributed by atoms with E-state index < -0.39 is 6.09 Å². The van der Waals surface area contributed by atoms with Crippen molar-refractivity contribution in [2.45, 2.75) is 50.9 Å². The van der Waals surface area contributed by atoms with Crippen LogP contribution in [0.2, 0.25) is 0 Å². The van der Waals surface area contributed by atoms with E-state index in [4.69, 9.17) is 15.2 Å². The van der Waals surface area contributed by atoms with E-state index in [1.54, 1.807) is 4.90 Å². The van der Waals surface area contributed by atoms with Crippen LogP contribution in [0.15, 0.2) is 48.5 Å². The number of nitrogens with two attached hydrogens (primary N) is 1. The number of amides is 2. The molecule has 2 fully saturated rings. The van der Waals surface area contributed by atoms with Gasteiger partial charge in [0, 0.05) is 39.0 Å². The van der Waals surface area contributed by atoms with Gasteiger partial charge in [-0.3, -0.25) is 0 Å². The Balaban J connectivity index is 1.26. The first-order chi connectivity index (χ1) is 18.0. The summed E-state index contributed by atoms with van der Waals surface area (Å²) >= 11 is 0. The molecule has 2 amide bonds. The third-order valence-corrected chi connectivity index (χ3v) is 7.18. The van der Waals surface area contributed by atoms with Crippen molar-refractivity contribution < 1.29 is 24.2 Å². The van der Waals surface area contributed by atoms with Gasteiger partial charge in [0.1, 0.15) is 24.0 Å². The number of aromatic nitrogens is 2. The summed E-state index contributed by atoms with van der Waals surface area (Å²) in [6.45, 7) is 2.23. The summed E-state index contributed by atoms with van der Waals surface area (Å²) < 4.78 is 13.9. The van der Waals surface area contributed by atoms with Gasteiger partial charge < -0.3 is 34.7 Å². The van der Waals surface area contributed by atoms with Crippen LogP contribution in [0.1, 0.15) is 43.7 Å². The number of hydrogen-bond donors (Lipinski definition) is 2. The molecule has 2 saturated heterocycles. The fraction of sp³-hybridized carbons (Fsp3) is 0.444. The Kier molecular flexibility index (Phi) is 7.34. The molecule has 0 saturated carbocycles. The zero-order chi connectivity index (χ0) is 25.8. The van der Waals surface area contributed by atoms with E-state index in [0.717, 1.165) is 35.9 Å². The highest BCUT2D eigenvalue weighted by Gasteiger charge is 2.29. The number of nitrogen functional groups attached to an aromatic ring is 1. The number of carbonyl (C=O) groups is 2. The standard InChI is InChI=1S/C27H33N5O5/c28-25-29-22-10-6-11-23(24(22)32(25)20-9-4-5-14-31(17-20)26(33)34)37-21-12-15-30(16-13-21)27(35)36-18-19-7-2-1-3-8-19/h1-3,6-8,10-11,20-21H,4-5,9,12-18H2,(H2,28,29)(H,33,34). The van der Waals surface area contributed by atoms with Gasteiger partial charge in [-0.15, -0.1) is 0 Å². The van der Waals surface area contributed by atoms with Crippen molar-refractivity contribution in [2.75, 3.05) is 31.9 Å². The number of fused-ring (bicyclic) bond motifs is 1. The van der Waals surface area contributed by atoms with Gasteiger partial charge in [-0.25, -0.2) is 14.6 Å². The van der Waals surface area contributed by atoms with Crippen LogP contribution in [-0.4, -0.2) is 68.9 Å². The van der Waals surface area contributed by atoms with Crippen LogP contribution in [-0.2, 0) is 11.3 Å². The summed E-state index contributed by atoms with van der Waals surface area (Å²) in [5.41, 5.74) is 8.83. The number of hydrogen-bond acceptors (Lipinski definition) is 6. The van der Waals surface area contributed by atoms with E-state index in [-0.39, 0.29) is 24.8 Å². The van der Waals surface area contributed by atoms with E-state index in [9.17, 15) is 14.7 Å². The molecule has 5 rings (SSSR count). The molecule has 2 aliphatic rings. The minimum absolute atomic E-state index is 0.0713. The monoisotopic (exact) mass is 507 g/mol. The number of anilines is 1. The minimum atomic E-state index is -0.916.